The van der Waals surface area contributed by atoms with Crippen LogP contribution in [0.2, 0.25) is 5.54 Å². The first kappa shape index (κ1) is 6.66. The molecule has 0 radical (unpaired) electrons. The lowest BCUT2D eigenvalue weighted by molar-refractivity contribution is 0.0681. The Bertz CT molecular complexity index is 293. The molecule has 3 aliphatic rings. The van der Waals surface area contributed by atoms with Crippen LogP contribution in [0.15, 0.2) is 0 Å². The second kappa shape index (κ2) is 3.61. The van der Waals surface area contributed by atoms with Crippen LogP contribution in [0.4, 0.5) is 0 Å². The molecule has 3 heteroatoms. The van der Waals surface area contributed by atoms with Gasteiger partial charge in [0.1, 0.15) is 6.10 Å². The third kappa shape index (κ3) is 1.77. The maximum atomic E-state index is 7.74. The summed E-state index contributed by atoms with van der Waals surface area (Å²) in [6.07, 6.45) is 3.62. The summed E-state index contributed by atoms with van der Waals surface area (Å²) in [5.41, 5.74) is 0.0621. The number of fused-ring (bicyclic) bond motifs is 2. The summed E-state index contributed by atoms with van der Waals surface area (Å²) in [5.74, 6) is 1.61. The van der Waals surface area contributed by atoms with Gasteiger partial charge in [-0.3, -0.25) is 0 Å². The second-order valence-electron chi connectivity index (χ2n) is 5.10. The van der Waals surface area contributed by atoms with Gasteiger partial charge in [-0.2, -0.15) is 0 Å². The van der Waals surface area contributed by atoms with Crippen molar-refractivity contribution in [2.75, 3.05) is 19.8 Å². The van der Waals surface area contributed by atoms with E-state index in [4.69, 9.17) is 13.2 Å². The second-order valence-corrected chi connectivity index (χ2v) is 5.84. The van der Waals surface area contributed by atoms with E-state index < -0.39 is 10.0 Å². The van der Waals surface area contributed by atoms with Crippen LogP contribution in [-0.4, -0.2) is 39.7 Å². The van der Waals surface area contributed by atoms with Crippen molar-refractivity contribution in [1.29, 1.82) is 3.70 Å². The molecule has 1 saturated heterocycles. The Kier molecular flexibility index (Phi) is 1.72. The standard InChI is InChI=1S/C11H20O2Si/c14-11-3-7-1-8(10(11)2-7)4-12-5-9-6-13-9/h7-11H,1-6H2,14H3/i14T3. The van der Waals surface area contributed by atoms with Gasteiger partial charge >= 0.3 is 0 Å². The molecule has 1 heterocycles. The van der Waals surface area contributed by atoms with E-state index in [1.807, 2.05) is 0 Å². The van der Waals surface area contributed by atoms with Gasteiger partial charge in [0.2, 0.25) is 0 Å². The molecule has 2 nitrogen and oxygen atoms in total. The van der Waals surface area contributed by atoms with E-state index in [0.717, 1.165) is 26.1 Å². The fraction of sp³-hybridized carbons (Fsp3) is 1.00. The fourth-order valence-electron chi connectivity index (χ4n) is 3.20. The Morgan fingerprint density at radius 1 is 1.36 bits per heavy atom. The predicted molar refractivity (Wildman–Crippen MR) is 58.6 cm³/mol. The summed E-state index contributed by atoms with van der Waals surface area (Å²) in [4.78, 5) is 0. The zero-order chi connectivity index (χ0) is 12.0. The van der Waals surface area contributed by atoms with Crippen LogP contribution in [0, 0.1) is 17.8 Å². The van der Waals surface area contributed by atoms with Gasteiger partial charge in [0.05, 0.1) is 13.2 Å². The third-order valence-electron chi connectivity index (χ3n) is 3.99. The van der Waals surface area contributed by atoms with Crippen LogP contribution in [0.25, 0.3) is 0 Å². The molecule has 80 valence electrons. The molecule has 3 fully saturated rings. The molecule has 2 bridgehead atoms. The largest absolute Gasteiger partial charge is 0.378 e. The topological polar surface area (TPSA) is 21.8 Å². The highest BCUT2D eigenvalue weighted by molar-refractivity contribution is 6.12. The van der Waals surface area contributed by atoms with Gasteiger partial charge in [-0.25, -0.2) is 0 Å². The number of ether oxygens (including phenoxy) is 2. The van der Waals surface area contributed by atoms with E-state index in [0.29, 0.717) is 30.5 Å². The molecule has 14 heavy (non-hydrogen) atoms. The maximum absolute atomic E-state index is 7.74. The van der Waals surface area contributed by atoms with E-state index in [9.17, 15) is 0 Å². The third-order valence-corrected chi connectivity index (χ3v) is 4.65. The van der Waals surface area contributed by atoms with Gasteiger partial charge in [-0.1, -0.05) is 12.0 Å². The van der Waals surface area contributed by atoms with Crippen molar-refractivity contribution >= 4 is 10.0 Å². The molecule has 0 aromatic heterocycles. The zero-order valence-corrected chi connectivity index (χ0v) is 9.45. The molecule has 0 amide bonds. The maximum Gasteiger partial charge on any atom is 0.104 e. The van der Waals surface area contributed by atoms with E-state index in [1.165, 1.54) is 6.42 Å². The SMILES string of the molecule is [3H][Si]([3H])([3H])C1CC2CC(COCC3CO3)C1C2. The number of epoxide rings is 1. The van der Waals surface area contributed by atoms with Crippen molar-refractivity contribution in [2.45, 2.75) is 30.9 Å². The number of hydrogen-bond donors (Lipinski definition) is 0. The van der Waals surface area contributed by atoms with Gasteiger partial charge in [-0.15, -0.1) is 0 Å². The molecule has 5 unspecified atom stereocenters. The average Bonchev–Trinajstić information content (AvgIpc) is 2.85. The Labute approximate surface area is 92.4 Å². The minimum atomic E-state index is -3.20. The smallest absolute Gasteiger partial charge is 0.104 e. The van der Waals surface area contributed by atoms with Crippen molar-refractivity contribution in [2.24, 2.45) is 17.8 Å². The first-order chi connectivity index (χ1) is 8.04. The molecule has 0 spiro atoms. The summed E-state index contributed by atoms with van der Waals surface area (Å²) in [6, 6.07) is 0. The summed E-state index contributed by atoms with van der Waals surface area (Å²) in [6.45, 7) is 2.29. The fourth-order valence-corrected chi connectivity index (χ4v) is 3.94. The van der Waals surface area contributed by atoms with Gasteiger partial charge in [0, 0.05) is 20.4 Å². The van der Waals surface area contributed by atoms with E-state index >= 15 is 0 Å². The highest BCUT2D eigenvalue weighted by atomic mass is 28.1. The Morgan fingerprint density at radius 3 is 3.00 bits per heavy atom. The lowest BCUT2D eigenvalue weighted by Gasteiger charge is -2.26. The molecule has 0 aromatic rings. The minimum absolute atomic E-state index is 0.0621. The number of hydrogen-bond acceptors (Lipinski definition) is 2. The van der Waals surface area contributed by atoms with Crippen molar-refractivity contribution in [3.05, 3.63) is 0 Å². The van der Waals surface area contributed by atoms with Gasteiger partial charge in [-0.05, 0) is 30.6 Å². The highest BCUT2D eigenvalue weighted by Crippen LogP contribution is 2.53. The molecule has 2 saturated carbocycles. The quantitative estimate of drug-likeness (QED) is 0.498. The summed E-state index contributed by atoms with van der Waals surface area (Å²) < 4.78 is 34.0. The lowest BCUT2D eigenvalue weighted by Crippen LogP contribution is -2.22. The molecular weight excluding hydrogens is 192 g/mol. The van der Waals surface area contributed by atoms with Crippen molar-refractivity contribution in [1.82, 2.24) is 0 Å². The number of rotatable bonds is 5. The summed E-state index contributed by atoms with van der Waals surface area (Å²) in [5, 5.41) is 0. The van der Waals surface area contributed by atoms with Crippen LogP contribution in [-0.2, 0) is 9.47 Å². The zero-order valence-electron chi connectivity index (χ0n) is 11.4. The minimum Gasteiger partial charge on any atom is -0.378 e. The van der Waals surface area contributed by atoms with Crippen molar-refractivity contribution in [3.63, 3.8) is 0 Å². The molecule has 2 aliphatic carbocycles. The first-order valence-electron chi connectivity index (χ1n) is 7.23. The Balaban J connectivity index is 1.52. The molecular formula is C11H20O2Si. The molecule has 0 N–H and O–H groups in total. The normalized spacial score (nSPS) is 54.0. The van der Waals surface area contributed by atoms with Gasteiger partial charge < -0.3 is 9.47 Å². The van der Waals surface area contributed by atoms with E-state index in [2.05, 4.69) is 0 Å². The first-order valence-corrected chi connectivity index (χ1v) is 6.31. The Morgan fingerprint density at radius 2 is 2.29 bits per heavy atom. The monoisotopic (exact) mass is 218 g/mol. The lowest BCUT2D eigenvalue weighted by atomic mass is 9.89. The Hall–Kier alpha value is 0.137. The predicted octanol–water partition coefficient (Wildman–Crippen LogP) is 0.602. The van der Waals surface area contributed by atoms with Crippen LogP contribution in [0.3, 0.4) is 0 Å². The molecule has 0 aromatic carbocycles. The average molecular weight is 218 g/mol. The van der Waals surface area contributed by atoms with Crippen molar-refractivity contribution < 1.29 is 9.47 Å². The van der Waals surface area contributed by atoms with E-state index in [-0.39, 0.29) is 5.54 Å². The van der Waals surface area contributed by atoms with Crippen LogP contribution < -0.4 is 0 Å². The highest BCUT2D eigenvalue weighted by Gasteiger charge is 2.43. The molecule has 5 atom stereocenters. The van der Waals surface area contributed by atoms with E-state index in [1.54, 1.807) is 0 Å². The van der Waals surface area contributed by atoms with Crippen LogP contribution in [0.1, 0.15) is 19.3 Å². The van der Waals surface area contributed by atoms with Crippen LogP contribution >= 0.6 is 0 Å². The van der Waals surface area contributed by atoms with Crippen molar-refractivity contribution in [3.8, 4) is 0 Å². The van der Waals surface area contributed by atoms with Crippen LogP contribution in [0.5, 0.6) is 0 Å². The summed E-state index contributed by atoms with van der Waals surface area (Å²) in [7, 11) is -3.20. The molecule has 1 aliphatic heterocycles. The summed E-state index contributed by atoms with van der Waals surface area (Å²) >= 11 is 0. The van der Waals surface area contributed by atoms with Gasteiger partial charge in [0.15, 0.2) is 0 Å². The van der Waals surface area contributed by atoms with Gasteiger partial charge in [0.25, 0.3) is 0 Å². The molecule has 3 rings (SSSR count).